The number of nitrogens with zero attached hydrogens (tertiary/aromatic N) is 1. The highest BCUT2D eigenvalue weighted by atomic mass is 16.7. The maximum atomic E-state index is 12.5. The molecule has 0 aromatic rings. The van der Waals surface area contributed by atoms with E-state index in [1.807, 2.05) is 20.8 Å². The second kappa shape index (κ2) is 13.0. The number of terminal acetylenes is 1. The molecule has 1 unspecified atom stereocenters. The summed E-state index contributed by atoms with van der Waals surface area (Å²) in [6.07, 6.45) is 9.38. The molecule has 0 aromatic heterocycles. The molecule has 0 fully saturated rings. The minimum Gasteiger partial charge on any atom is -0.466 e. The lowest BCUT2D eigenvalue weighted by Gasteiger charge is -2.33. The summed E-state index contributed by atoms with van der Waals surface area (Å²) in [7, 11) is 0. The van der Waals surface area contributed by atoms with Crippen molar-refractivity contribution in [1.82, 2.24) is 5.06 Å². The van der Waals surface area contributed by atoms with Gasteiger partial charge in [0.25, 0.3) is 0 Å². The van der Waals surface area contributed by atoms with E-state index in [-0.39, 0.29) is 30.4 Å². The van der Waals surface area contributed by atoms with E-state index in [2.05, 4.69) is 5.92 Å². The summed E-state index contributed by atoms with van der Waals surface area (Å²) in [4.78, 5) is 29.1. The number of carbonyl (C=O) groups is 2. The van der Waals surface area contributed by atoms with E-state index in [0.29, 0.717) is 32.3 Å². The zero-order chi connectivity index (χ0) is 17.7. The van der Waals surface area contributed by atoms with Crippen molar-refractivity contribution in [2.24, 2.45) is 5.92 Å². The molecular weight excluding hydrogens is 294 g/mol. The van der Waals surface area contributed by atoms with Crippen molar-refractivity contribution >= 4 is 11.9 Å². The molecule has 0 saturated carbocycles. The number of amides is 1. The number of carbonyl (C=O) groups excluding carboxylic acids is 2. The van der Waals surface area contributed by atoms with Gasteiger partial charge in [0.2, 0.25) is 5.91 Å². The van der Waals surface area contributed by atoms with E-state index < -0.39 is 0 Å². The highest BCUT2D eigenvalue weighted by Gasteiger charge is 2.27. The standard InChI is InChI=1S/C18H31NO4/c1-6-8-10-13-23-19(18(21)11-9-7-2)17(15(3)4)12-14-22-16(5)20/h1,15,17H,7-14H2,2-5H3. The van der Waals surface area contributed by atoms with Crippen LogP contribution in [0.1, 0.15) is 66.2 Å². The van der Waals surface area contributed by atoms with Crippen LogP contribution in [0.15, 0.2) is 0 Å². The van der Waals surface area contributed by atoms with E-state index in [4.69, 9.17) is 16.0 Å². The number of esters is 1. The zero-order valence-electron chi connectivity index (χ0n) is 15.0. The van der Waals surface area contributed by atoms with Crippen molar-refractivity contribution < 1.29 is 19.2 Å². The van der Waals surface area contributed by atoms with E-state index in [1.54, 1.807) is 0 Å². The average Bonchev–Trinajstić information content (AvgIpc) is 2.49. The monoisotopic (exact) mass is 325 g/mol. The van der Waals surface area contributed by atoms with Gasteiger partial charge in [-0.05, 0) is 18.8 Å². The second-order valence-electron chi connectivity index (χ2n) is 5.90. The molecule has 23 heavy (non-hydrogen) atoms. The largest absolute Gasteiger partial charge is 0.466 e. The summed E-state index contributed by atoms with van der Waals surface area (Å²) in [5.41, 5.74) is 0. The van der Waals surface area contributed by atoms with E-state index in [1.165, 1.54) is 12.0 Å². The molecule has 5 nitrogen and oxygen atoms in total. The number of hydroxylamine groups is 2. The highest BCUT2D eigenvalue weighted by Crippen LogP contribution is 2.18. The quantitative estimate of drug-likeness (QED) is 0.239. The fourth-order valence-corrected chi connectivity index (χ4v) is 2.17. The third-order valence-corrected chi connectivity index (χ3v) is 3.48. The van der Waals surface area contributed by atoms with Crippen molar-refractivity contribution in [3.05, 3.63) is 0 Å². The Morgan fingerprint density at radius 2 is 1.91 bits per heavy atom. The van der Waals surface area contributed by atoms with Gasteiger partial charge in [0.1, 0.15) is 0 Å². The van der Waals surface area contributed by atoms with Gasteiger partial charge >= 0.3 is 5.97 Å². The van der Waals surface area contributed by atoms with Gasteiger partial charge in [-0.3, -0.25) is 14.4 Å². The first kappa shape index (κ1) is 21.5. The van der Waals surface area contributed by atoms with Gasteiger partial charge in [-0.15, -0.1) is 12.3 Å². The maximum Gasteiger partial charge on any atom is 0.302 e. The molecule has 0 N–H and O–H groups in total. The first-order chi connectivity index (χ1) is 10.9. The van der Waals surface area contributed by atoms with E-state index >= 15 is 0 Å². The number of unbranched alkanes of at least 4 members (excludes halogenated alkanes) is 2. The first-order valence-corrected chi connectivity index (χ1v) is 8.45. The predicted molar refractivity (Wildman–Crippen MR) is 90.3 cm³/mol. The number of ether oxygens (including phenoxy) is 1. The van der Waals surface area contributed by atoms with Gasteiger partial charge in [0.15, 0.2) is 0 Å². The number of hydrogen-bond acceptors (Lipinski definition) is 4. The molecule has 1 atom stereocenters. The van der Waals surface area contributed by atoms with E-state index in [9.17, 15) is 9.59 Å². The lowest BCUT2D eigenvalue weighted by Crippen LogP contribution is -2.44. The predicted octanol–water partition coefficient (Wildman–Crippen LogP) is 3.33. The first-order valence-electron chi connectivity index (χ1n) is 8.45. The summed E-state index contributed by atoms with van der Waals surface area (Å²) in [5.74, 6) is 2.43. The van der Waals surface area contributed by atoms with Crippen molar-refractivity contribution in [3.8, 4) is 12.3 Å². The van der Waals surface area contributed by atoms with Crippen LogP contribution in [0, 0.1) is 18.3 Å². The van der Waals surface area contributed by atoms with Crippen LogP contribution in [0.2, 0.25) is 0 Å². The van der Waals surface area contributed by atoms with Gasteiger partial charge in [-0.2, -0.15) is 0 Å². The molecule has 0 bridgehead atoms. The topological polar surface area (TPSA) is 55.8 Å². The Bertz CT molecular complexity index is 387. The van der Waals surface area contributed by atoms with Crippen LogP contribution in [0.4, 0.5) is 0 Å². The molecule has 0 aliphatic heterocycles. The third kappa shape index (κ3) is 9.96. The smallest absolute Gasteiger partial charge is 0.302 e. The van der Waals surface area contributed by atoms with Crippen molar-refractivity contribution in [2.45, 2.75) is 72.3 Å². The normalized spacial score (nSPS) is 11.8. The number of rotatable bonds is 12. The summed E-state index contributed by atoms with van der Waals surface area (Å²) in [6.45, 7) is 8.19. The van der Waals surface area contributed by atoms with Crippen LogP contribution < -0.4 is 0 Å². The highest BCUT2D eigenvalue weighted by molar-refractivity contribution is 5.75. The Balaban J connectivity index is 4.80. The van der Waals surface area contributed by atoms with Gasteiger partial charge in [0, 0.05) is 26.2 Å². The Hall–Kier alpha value is -1.54. The molecular formula is C18H31NO4. The van der Waals surface area contributed by atoms with Gasteiger partial charge < -0.3 is 4.74 Å². The molecule has 132 valence electrons. The zero-order valence-corrected chi connectivity index (χ0v) is 15.0. The van der Waals surface area contributed by atoms with Crippen LogP contribution in [-0.2, 0) is 19.2 Å². The molecule has 0 spiro atoms. The molecule has 0 aromatic carbocycles. The van der Waals surface area contributed by atoms with Crippen LogP contribution >= 0.6 is 0 Å². The number of hydrogen-bond donors (Lipinski definition) is 0. The van der Waals surface area contributed by atoms with Crippen molar-refractivity contribution in [2.75, 3.05) is 13.2 Å². The molecule has 0 radical (unpaired) electrons. The lowest BCUT2D eigenvalue weighted by molar-refractivity contribution is -0.208. The summed E-state index contributed by atoms with van der Waals surface area (Å²) in [6, 6.07) is -0.121. The summed E-state index contributed by atoms with van der Waals surface area (Å²) in [5, 5.41) is 1.49. The van der Waals surface area contributed by atoms with E-state index in [0.717, 1.165) is 12.8 Å². The minimum atomic E-state index is -0.314. The minimum absolute atomic E-state index is 0.0194. The Labute approximate surface area is 140 Å². The van der Waals surface area contributed by atoms with Gasteiger partial charge in [0.05, 0.1) is 19.3 Å². The molecule has 0 rings (SSSR count). The van der Waals surface area contributed by atoms with Crippen LogP contribution in [0.5, 0.6) is 0 Å². The van der Waals surface area contributed by atoms with Crippen molar-refractivity contribution in [3.63, 3.8) is 0 Å². The fraction of sp³-hybridized carbons (Fsp3) is 0.778. The molecule has 5 heteroatoms. The Morgan fingerprint density at radius 3 is 2.43 bits per heavy atom. The molecule has 0 aliphatic rings. The summed E-state index contributed by atoms with van der Waals surface area (Å²) < 4.78 is 5.02. The van der Waals surface area contributed by atoms with Gasteiger partial charge in [-0.25, -0.2) is 5.06 Å². The molecule has 0 aliphatic carbocycles. The van der Waals surface area contributed by atoms with Crippen molar-refractivity contribution in [1.29, 1.82) is 0 Å². The third-order valence-electron chi connectivity index (χ3n) is 3.48. The molecule has 0 saturated heterocycles. The average molecular weight is 325 g/mol. The van der Waals surface area contributed by atoms with Crippen LogP contribution in [0.3, 0.4) is 0 Å². The summed E-state index contributed by atoms with van der Waals surface area (Å²) >= 11 is 0. The molecule has 1 amide bonds. The fourth-order valence-electron chi connectivity index (χ4n) is 2.17. The Kier molecular flexibility index (Phi) is 12.1. The van der Waals surface area contributed by atoms with Crippen LogP contribution in [0.25, 0.3) is 0 Å². The Morgan fingerprint density at radius 1 is 1.22 bits per heavy atom. The maximum absolute atomic E-state index is 12.5. The van der Waals surface area contributed by atoms with Crippen LogP contribution in [-0.4, -0.2) is 36.2 Å². The molecule has 0 heterocycles. The lowest BCUT2D eigenvalue weighted by atomic mass is 10.0. The second-order valence-corrected chi connectivity index (χ2v) is 5.90. The SMILES string of the molecule is C#CCCCON(C(=O)CCCC)C(CCOC(C)=O)C(C)C. The van der Waals surface area contributed by atoms with Gasteiger partial charge in [-0.1, -0.05) is 27.2 Å².